The number of benzene rings is 3. The molecule has 5 rings (SSSR count). The number of anilines is 1. The van der Waals surface area contributed by atoms with Gasteiger partial charge < -0.3 is 9.80 Å². The predicted molar refractivity (Wildman–Crippen MR) is 142 cm³/mol. The van der Waals surface area contributed by atoms with Crippen LogP contribution in [0.25, 0.3) is 0 Å². The maximum atomic E-state index is 16.8. The highest BCUT2D eigenvalue weighted by Crippen LogP contribution is 2.50. The molecule has 0 unspecified atom stereocenters. The largest absolute Gasteiger partial charge is 0.355 e. The standard InChI is InChI=1S/C30H28F5N3O3/c31-25-23(28(13-15-29(32,33)16-14-28)27(39)37-19-30(34,35)20-37)11-12-24(38(40)41)26(25)36(17-21-7-3-1-4-8-21)18-22-9-5-2-6-10-22/h1-12H,13-20H2. The van der Waals surface area contributed by atoms with Crippen molar-refractivity contribution in [2.45, 2.75) is 56.0 Å². The van der Waals surface area contributed by atoms with Crippen LogP contribution in [0, 0.1) is 15.9 Å². The van der Waals surface area contributed by atoms with Crippen LogP contribution in [0.5, 0.6) is 0 Å². The zero-order valence-electron chi connectivity index (χ0n) is 22.0. The summed E-state index contributed by atoms with van der Waals surface area (Å²) in [6.07, 6.45) is -2.45. The quantitative estimate of drug-likeness (QED) is 0.168. The molecule has 11 heteroatoms. The minimum atomic E-state index is -3.11. The van der Waals surface area contributed by atoms with E-state index in [4.69, 9.17) is 0 Å². The highest BCUT2D eigenvalue weighted by molar-refractivity contribution is 5.90. The molecule has 0 atom stereocenters. The minimum Gasteiger partial charge on any atom is -0.355 e. The first-order chi connectivity index (χ1) is 19.4. The van der Waals surface area contributed by atoms with Crippen LogP contribution >= 0.6 is 0 Å². The highest BCUT2D eigenvalue weighted by Gasteiger charge is 2.56. The van der Waals surface area contributed by atoms with Crippen molar-refractivity contribution in [3.63, 3.8) is 0 Å². The summed E-state index contributed by atoms with van der Waals surface area (Å²) in [7, 11) is 0. The van der Waals surface area contributed by atoms with Crippen molar-refractivity contribution < 1.29 is 31.7 Å². The van der Waals surface area contributed by atoms with Crippen LogP contribution in [0.2, 0.25) is 0 Å². The predicted octanol–water partition coefficient (Wildman–Crippen LogP) is 6.87. The van der Waals surface area contributed by atoms with Crippen LogP contribution in [-0.2, 0) is 23.3 Å². The number of rotatable bonds is 8. The Kier molecular flexibility index (Phi) is 7.48. The molecule has 0 spiro atoms. The fraction of sp³-hybridized carbons (Fsp3) is 0.367. The number of halogens is 5. The smallest absolute Gasteiger partial charge is 0.295 e. The van der Waals surface area contributed by atoms with Gasteiger partial charge in [-0.3, -0.25) is 14.9 Å². The van der Waals surface area contributed by atoms with E-state index >= 15 is 4.39 Å². The second-order valence-electron chi connectivity index (χ2n) is 10.8. The average Bonchev–Trinajstić information content (AvgIpc) is 2.92. The van der Waals surface area contributed by atoms with E-state index in [2.05, 4.69) is 0 Å². The Hall–Kier alpha value is -4.02. The van der Waals surface area contributed by atoms with Gasteiger partial charge in [0, 0.05) is 37.6 Å². The summed E-state index contributed by atoms with van der Waals surface area (Å²) >= 11 is 0. The van der Waals surface area contributed by atoms with Gasteiger partial charge in [-0.1, -0.05) is 60.7 Å². The maximum Gasteiger partial charge on any atom is 0.295 e. The van der Waals surface area contributed by atoms with Crippen LogP contribution in [0.3, 0.4) is 0 Å². The van der Waals surface area contributed by atoms with Crippen molar-refractivity contribution in [2.75, 3.05) is 18.0 Å². The van der Waals surface area contributed by atoms with Gasteiger partial charge in [0.2, 0.25) is 11.8 Å². The van der Waals surface area contributed by atoms with E-state index in [0.717, 1.165) is 28.2 Å². The third kappa shape index (κ3) is 5.75. The van der Waals surface area contributed by atoms with Crippen molar-refractivity contribution in [3.05, 3.63) is 105 Å². The van der Waals surface area contributed by atoms with Crippen molar-refractivity contribution in [1.29, 1.82) is 0 Å². The molecule has 1 amide bonds. The Balaban J connectivity index is 1.65. The van der Waals surface area contributed by atoms with Crippen LogP contribution in [0.1, 0.15) is 42.4 Å². The number of nitro benzene ring substituents is 1. The first-order valence-electron chi connectivity index (χ1n) is 13.3. The molecule has 41 heavy (non-hydrogen) atoms. The highest BCUT2D eigenvalue weighted by atomic mass is 19.3. The topological polar surface area (TPSA) is 66.7 Å². The second kappa shape index (κ2) is 10.8. The van der Waals surface area contributed by atoms with Crippen molar-refractivity contribution in [2.24, 2.45) is 0 Å². The first-order valence-corrected chi connectivity index (χ1v) is 13.3. The summed E-state index contributed by atoms with van der Waals surface area (Å²) < 4.78 is 72.8. The van der Waals surface area contributed by atoms with Crippen LogP contribution in [0.15, 0.2) is 72.8 Å². The third-order valence-corrected chi connectivity index (χ3v) is 7.93. The van der Waals surface area contributed by atoms with Crippen LogP contribution < -0.4 is 4.90 Å². The third-order valence-electron chi connectivity index (χ3n) is 7.93. The van der Waals surface area contributed by atoms with Gasteiger partial charge in [-0.05, 0) is 30.0 Å². The van der Waals surface area contributed by atoms with Gasteiger partial charge in [0.05, 0.1) is 23.4 Å². The molecule has 1 saturated heterocycles. The van der Waals surface area contributed by atoms with Gasteiger partial charge in [0.1, 0.15) is 0 Å². The lowest BCUT2D eigenvalue weighted by Gasteiger charge is -2.47. The number of alkyl halides is 4. The first kappa shape index (κ1) is 28.5. The molecule has 1 heterocycles. The molecule has 1 aliphatic heterocycles. The lowest BCUT2D eigenvalue weighted by atomic mass is 9.66. The van der Waals surface area contributed by atoms with E-state index < -0.39 is 84.1 Å². The number of carbonyl (C=O) groups excluding carboxylic acids is 1. The summed E-state index contributed by atoms with van der Waals surface area (Å²) in [6, 6.07) is 20.0. The van der Waals surface area contributed by atoms with E-state index in [9.17, 15) is 32.5 Å². The lowest BCUT2D eigenvalue weighted by molar-refractivity contribution is -0.384. The summed E-state index contributed by atoms with van der Waals surface area (Å²) in [4.78, 5) is 27.4. The molecule has 2 fully saturated rings. The number of hydrogen-bond acceptors (Lipinski definition) is 4. The van der Waals surface area contributed by atoms with Gasteiger partial charge in [0.15, 0.2) is 11.5 Å². The molecule has 3 aromatic carbocycles. The maximum absolute atomic E-state index is 16.8. The Bertz CT molecular complexity index is 1380. The molecule has 3 aromatic rings. The molecule has 0 bridgehead atoms. The van der Waals surface area contributed by atoms with E-state index in [1.807, 2.05) is 0 Å². The molecule has 1 aliphatic carbocycles. The number of amides is 1. The zero-order valence-corrected chi connectivity index (χ0v) is 22.0. The van der Waals surface area contributed by atoms with E-state index in [1.54, 1.807) is 60.7 Å². The molecular weight excluding hydrogens is 545 g/mol. The zero-order chi connectivity index (χ0) is 29.4. The Morgan fingerprint density at radius 1 is 0.805 bits per heavy atom. The molecule has 0 N–H and O–H groups in total. The Morgan fingerprint density at radius 3 is 1.78 bits per heavy atom. The number of hydrogen-bond donors (Lipinski definition) is 0. The Morgan fingerprint density at radius 2 is 1.32 bits per heavy atom. The molecule has 2 aliphatic rings. The molecule has 0 aromatic heterocycles. The second-order valence-corrected chi connectivity index (χ2v) is 10.8. The summed E-state index contributed by atoms with van der Waals surface area (Å²) in [5.41, 5.74) is -1.64. The monoisotopic (exact) mass is 573 g/mol. The fourth-order valence-corrected chi connectivity index (χ4v) is 5.79. The minimum absolute atomic E-state index is 0.0638. The molecule has 1 saturated carbocycles. The van der Waals surface area contributed by atoms with E-state index in [0.29, 0.717) is 0 Å². The molecule has 0 radical (unpaired) electrons. The summed E-state index contributed by atoms with van der Waals surface area (Å²) in [5, 5.41) is 12.2. The number of nitrogens with zero attached hydrogens (tertiary/aromatic N) is 3. The summed E-state index contributed by atoms with van der Waals surface area (Å²) in [5.74, 6) is -8.17. The molecule has 216 valence electrons. The molecule has 6 nitrogen and oxygen atoms in total. The van der Waals surface area contributed by atoms with Crippen molar-refractivity contribution >= 4 is 17.3 Å². The van der Waals surface area contributed by atoms with Crippen LogP contribution in [-0.4, -0.2) is 40.7 Å². The van der Waals surface area contributed by atoms with Crippen LogP contribution in [0.4, 0.5) is 33.3 Å². The van der Waals surface area contributed by atoms with Crippen molar-refractivity contribution in [1.82, 2.24) is 4.90 Å². The SMILES string of the molecule is O=C(N1CC(F)(F)C1)C1(c2ccc([N+](=O)[O-])c(N(Cc3ccccc3)Cc3ccccc3)c2F)CCC(F)(F)CC1. The van der Waals surface area contributed by atoms with Gasteiger partial charge in [-0.2, -0.15) is 0 Å². The van der Waals surface area contributed by atoms with E-state index in [-0.39, 0.29) is 18.7 Å². The van der Waals surface area contributed by atoms with Gasteiger partial charge in [0.25, 0.3) is 11.6 Å². The number of nitro groups is 1. The van der Waals surface area contributed by atoms with Gasteiger partial charge in [-0.25, -0.2) is 22.0 Å². The normalized spacial score (nSPS) is 18.8. The average molecular weight is 574 g/mol. The van der Waals surface area contributed by atoms with Gasteiger partial charge >= 0.3 is 0 Å². The Labute approximate surface area is 233 Å². The molecular formula is C30H28F5N3O3. The van der Waals surface area contributed by atoms with Crippen molar-refractivity contribution in [3.8, 4) is 0 Å². The number of likely N-dealkylation sites (tertiary alicyclic amines) is 1. The summed E-state index contributed by atoms with van der Waals surface area (Å²) in [6.45, 7) is -1.65. The number of carbonyl (C=O) groups is 1. The van der Waals surface area contributed by atoms with Gasteiger partial charge in [-0.15, -0.1) is 0 Å². The van der Waals surface area contributed by atoms with E-state index in [1.165, 1.54) is 4.90 Å². The lowest BCUT2D eigenvalue weighted by Crippen LogP contribution is -2.63. The fourth-order valence-electron chi connectivity index (χ4n) is 5.79.